The SMILES string of the molecule is Cl.Cn1ccc2cc(N(C(=O)c3cc(-c4cc5c(cc4C(=O)N4Cc6cccc(Cl)c6C[C@H]4CN4CCOCC4)OCO5)n4c3CCCC4)c3ccc(O)cc3)ccc21. The average molecular weight is 835 g/mol. The summed E-state index contributed by atoms with van der Waals surface area (Å²) in [6, 6.07) is 26.3. The number of aryl methyl sites for hydroxylation is 1. The van der Waals surface area contributed by atoms with Gasteiger partial charge in [-0.1, -0.05) is 23.7 Å². The lowest BCUT2D eigenvalue weighted by atomic mass is 9.91. The van der Waals surface area contributed by atoms with Crippen LogP contribution in [0, 0.1) is 0 Å². The van der Waals surface area contributed by atoms with Crippen LogP contribution in [0.2, 0.25) is 5.02 Å². The number of phenolic OH excluding ortho intramolecular Hbond substituents is 1. The molecule has 0 radical (unpaired) electrons. The number of anilines is 2. The first kappa shape index (κ1) is 39.0. The van der Waals surface area contributed by atoms with Gasteiger partial charge in [0.1, 0.15) is 5.75 Å². The highest BCUT2D eigenvalue weighted by molar-refractivity contribution is 6.31. The highest BCUT2D eigenvalue weighted by Gasteiger charge is 2.37. The van der Waals surface area contributed by atoms with Gasteiger partial charge >= 0.3 is 0 Å². The Bertz CT molecular complexity index is 2580. The maximum Gasteiger partial charge on any atom is 0.264 e. The van der Waals surface area contributed by atoms with Crippen LogP contribution in [0.15, 0.2) is 91.1 Å². The summed E-state index contributed by atoms with van der Waals surface area (Å²) in [6.45, 7) is 4.80. The monoisotopic (exact) mass is 833 g/mol. The molecule has 2 amide bonds. The molecule has 59 heavy (non-hydrogen) atoms. The van der Waals surface area contributed by atoms with Gasteiger partial charge < -0.3 is 33.4 Å². The Labute approximate surface area is 353 Å². The summed E-state index contributed by atoms with van der Waals surface area (Å²) >= 11 is 6.78. The Morgan fingerprint density at radius 3 is 2.47 bits per heavy atom. The van der Waals surface area contributed by atoms with Crippen molar-refractivity contribution < 1.29 is 28.9 Å². The summed E-state index contributed by atoms with van der Waals surface area (Å²) in [5, 5.41) is 11.9. The Hall–Kier alpha value is -5.46. The molecule has 1 N–H and O–H groups in total. The number of hydrogen-bond acceptors (Lipinski definition) is 7. The van der Waals surface area contributed by atoms with Crippen LogP contribution in [0.1, 0.15) is 50.4 Å². The molecule has 0 spiro atoms. The van der Waals surface area contributed by atoms with E-state index in [9.17, 15) is 5.11 Å². The summed E-state index contributed by atoms with van der Waals surface area (Å²) in [7, 11) is 2.00. The summed E-state index contributed by atoms with van der Waals surface area (Å²) in [4.78, 5) is 36.6. The van der Waals surface area contributed by atoms with Crippen LogP contribution in [0.3, 0.4) is 0 Å². The molecule has 6 heterocycles. The van der Waals surface area contributed by atoms with Gasteiger partial charge in [-0.2, -0.15) is 0 Å². The summed E-state index contributed by atoms with van der Waals surface area (Å²) in [5.74, 6) is 0.896. The number of aromatic nitrogens is 2. The lowest BCUT2D eigenvalue weighted by Crippen LogP contribution is -2.52. The minimum absolute atomic E-state index is 0. The molecule has 4 aliphatic heterocycles. The molecule has 10 rings (SSSR count). The number of rotatable bonds is 7. The van der Waals surface area contributed by atoms with E-state index in [1.54, 1.807) is 29.2 Å². The van der Waals surface area contributed by atoms with Gasteiger partial charge in [0, 0.05) is 96.3 Å². The van der Waals surface area contributed by atoms with Crippen LogP contribution in [-0.4, -0.2) is 81.5 Å². The zero-order chi connectivity index (χ0) is 39.5. The lowest BCUT2D eigenvalue weighted by molar-refractivity contribution is 0.0193. The van der Waals surface area contributed by atoms with Crippen LogP contribution in [0.4, 0.5) is 11.4 Å². The first-order valence-electron chi connectivity index (χ1n) is 20.0. The smallest absolute Gasteiger partial charge is 0.264 e. The minimum Gasteiger partial charge on any atom is -0.508 e. The van der Waals surface area contributed by atoms with Gasteiger partial charge in [0.05, 0.1) is 24.3 Å². The Morgan fingerprint density at radius 2 is 1.66 bits per heavy atom. The normalized spacial score (nSPS) is 17.3. The number of carbonyl (C=O) groups is 2. The molecule has 1 atom stereocenters. The van der Waals surface area contributed by atoms with Crippen molar-refractivity contribution in [1.82, 2.24) is 18.9 Å². The molecule has 1 saturated heterocycles. The molecule has 4 aromatic carbocycles. The molecule has 304 valence electrons. The van der Waals surface area contributed by atoms with Crippen molar-refractivity contribution in [2.24, 2.45) is 7.05 Å². The van der Waals surface area contributed by atoms with E-state index in [4.69, 9.17) is 25.8 Å². The Balaban J connectivity index is 0.00000449. The van der Waals surface area contributed by atoms with Gasteiger partial charge in [-0.15, -0.1) is 12.4 Å². The molecule has 0 saturated carbocycles. The number of hydrogen-bond donors (Lipinski definition) is 1. The molecule has 0 bridgehead atoms. The van der Waals surface area contributed by atoms with Gasteiger partial charge in [-0.25, -0.2) is 0 Å². The van der Waals surface area contributed by atoms with Crippen molar-refractivity contribution in [3.8, 4) is 28.5 Å². The molecule has 0 aliphatic carbocycles. The number of morpholine rings is 1. The molecule has 6 aromatic rings. The number of nitrogens with zero attached hydrogens (tertiary/aromatic N) is 5. The maximum atomic E-state index is 15.3. The maximum absolute atomic E-state index is 15.3. The van der Waals surface area contributed by atoms with E-state index in [1.165, 1.54) is 0 Å². The van der Waals surface area contributed by atoms with Crippen molar-refractivity contribution in [3.05, 3.63) is 124 Å². The van der Waals surface area contributed by atoms with E-state index in [2.05, 4.69) is 20.1 Å². The fourth-order valence-corrected chi connectivity index (χ4v) is 9.48. The van der Waals surface area contributed by atoms with Crippen LogP contribution in [-0.2, 0) is 37.7 Å². The number of phenols is 1. The third-order valence-electron chi connectivity index (χ3n) is 12.2. The molecule has 11 nitrogen and oxygen atoms in total. The highest BCUT2D eigenvalue weighted by Crippen LogP contribution is 2.43. The van der Waals surface area contributed by atoms with E-state index < -0.39 is 0 Å². The fourth-order valence-electron chi connectivity index (χ4n) is 9.20. The first-order chi connectivity index (χ1) is 28.3. The first-order valence-corrected chi connectivity index (χ1v) is 20.4. The van der Waals surface area contributed by atoms with Gasteiger partial charge in [-0.05, 0) is 110 Å². The Morgan fingerprint density at radius 1 is 0.881 bits per heavy atom. The molecule has 2 aromatic heterocycles. The van der Waals surface area contributed by atoms with E-state index in [0.29, 0.717) is 85.3 Å². The van der Waals surface area contributed by atoms with Gasteiger partial charge in [0.2, 0.25) is 6.79 Å². The van der Waals surface area contributed by atoms with Gasteiger partial charge in [0.25, 0.3) is 11.8 Å². The number of benzene rings is 4. The molecular weight excluding hydrogens is 789 g/mol. The molecule has 13 heteroatoms. The quantitative estimate of drug-likeness (QED) is 0.173. The molecule has 1 fully saturated rings. The number of halogens is 2. The Kier molecular flexibility index (Phi) is 10.6. The standard InChI is InChI=1S/C46H44ClN5O6.ClH/c1-48-16-14-29-21-32(10-13-40(29)48)52(31-8-11-34(53)12-9-31)46(55)38-23-42(50-15-3-2-7-41(38)50)36-24-43-44(58-28-57-43)25-37(36)45(54)51-26-30-5-4-6-39(47)35(30)22-33(51)27-49-17-19-56-20-18-49;/h4-6,8-14,16,21,23-25,33,53H,2-3,7,15,17-20,22,26-28H2,1H3;1H/t33-;/m0./s1. The summed E-state index contributed by atoms with van der Waals surface area (Å²) in [5.41, 5.74) is 8.00. The number of amides is 2. The van der Waals surface area contributed by atoms with Crippen LogP contribution in [0.25, 0.3) is 22.2 Å². The number of carbonyl (C=O) groups excluding carboxylic acids is 2. The van der Waals surface area contributed by atoms with Crippen molar-refractivity contribution in [1.29, 1.82) is 0 Å². The van der Waals surface area contributed by atoms with Crippen LogP contribution in [0.5, 0.6) is 17.2 Å². The molecular formula is C46H45Cl2N5O6. The number of aromatic hydroxyl groups is 1. The second kappa shape index (κ2) is 16.0. The largest absolute Gasteiger partial charge is 0.508 e. The van der Waals surface area contributed by atoms with Crippen molar-refractivity contribution in [2.75, 3.05) is 44.5 Å². The summed E-state index contributed by atoms with van der Waals surface area (Å²) in [6.07, 6.45) is 5.23. The van der Waals surface area contributed by atoms with E-state index in [1.807, 2.05) is 72.7 Å². The number of fused-ring (bicyclic) bond motifs is 4. The van der Waals surface area contributed by atoms with E-state index in [-0.39, 0.29) is 42.8 Å². The summed E-state index contributed by atoms with van der Waals surface area (Å²) < 4.78 is 21.8. The van der Waals surface area contributed by atoms with E-state index in [0.717, 1.165) is 64.4 Å². The number of ether oxygens (including phenoxy) is 3. The predicted molar refractivity (Wildman–Crippen MR) is 230 cm³/mol. The second-order valence-electron chi connectivity index (χ2n) is 15.7. The van der Waals surface area contributed by atoms with Crippen LogP contribution < -0.4 is 14.4 Å². The minimum atomic E-state index is -0.193. The topological polar surface area (TPSA) is 102 Å². The van der Waals surface area contributed by atoms with Crippen molar-refractivity contribution >= 4 is 58.1 Å². The highest BCUT2D eigenvalue weighted by atomic mass is 35.5. The van der Waals surface area contributed by atoms with Gasteiger partial charge in [0.15, 0.2) is 11.5 Å². The second-order valence-corrected chi connectivity index (χ2v) is 16.1. The average Bonchev–Trinajstić information content (AvgIpc) is 3.98. The molecule has 4 aliphatic rings. The third-order valence-corrected chi connectivity index (χ3v) is 12.6. The zero-order valence-corrected chi connectivity index (χ0v) is 34.3. The molecule has 0 unspecified atom stereocenters. The van der Waals surface area contributed by atoms with Crippen LogP contribution >= 0.6 is 24.0 Å². The zero-order valence-electron chi connectivity index (χ0n) is 32.7. The fraction of sp³-hybridized carbons (Fsp3) is 0.304. The van der Waals surface area contributed by atoms with Gasteiger partial charge in [-0.3, -0.25) is 19.4 Å². The van der Waals surface area contributed by atoms with E-state index >= 15 is 9.59 Å². The predicted octanol–water partition coefficient (Wildman–Crippen LogP) is 8.37. The van der Waals surface area contributed by atoms with Crippen molar-refractivity contribution in [2.45, 2.75) is 44.8 Å². The third kappa shape index (κ3) is 7.09. The van der Waals surface area contributed by atoms with Crippen molar-refractivity contribution in [3.63, 3.8) is 0 Å². The lowest BCUT2D eigenvalue weighted by Gasteiger charge is -2.41.